The molecule has 3 rings (SSSR count). The van der Waals surface area contributed by atoms with E-state index in [4.69, 9.17) is 0 Å². The van der Waals surface area contributed by atoms with E-state index < -0.39 is 0 Å². The minimum absolute atomic E-state index is 0.0662. The predicted molar refractivity (Wildman–Crippen MR) is 85.1 cm³/mol. The fourth-order valence-electron chi connectivity index (χ4n) is 3.15. The highest BCUT2D eigenvalue weighted by Crippen LogP contribution is 2.36. The molecular weight excluding hydrogens is 274 g/mol. The summed E-state index contributed by atoms with van der Waals surface area (Å²) in [5.41, 5.74) is 3.01. The van der Waals surface area contributed by atoms with Crippen molar-refractivity contribution >= 4 is 5.69 Å². The van der Waals surface area contributed by atoms with Gasteiger partial charge in [-0.25, -0.2) is 15.0 Å². The third-order valence-electron chi connectivity index (χ3n) is 4.30. The van der Waals surface area contributed by atoms with E-state index >= 15 is 0 Å². The second-order valence-corrected chi connectivity index (χ2v) is 6.07. The summed E-state index contributed by atoms with van der Waals surface area (Å²) in [6, 6.07) is 4.11. The summed E-state index contributed by atoms with van der Waals surface area (Å²) in [7, 11) is 0. The van der Waals surface area contributed by atoms with Gasteiger partial charge < -0.3 is 5.32 Å². The van der Waals surface area contributed by atoms with Crippen molar-refractivity contribution in [1.29, 1.82) is 5.26 Å². The van der Waals surface area contributed by atoms with Gasteiger partial charge in [-0.1, -0.05) is 19.3 Å². The molecule has 0 unspecified atom stereocenters. The lowest BCUT2D eigenvalue weighted by molar-refractivity contribution is 0.349. The van der Waals surface area contributed by atoms with Gasteiger partial charge in [0.15, 0.2) is 0 Å². The van der Waals surface area contributed by atoms with E-state index in [0.29, 0.717) is 5.69 Å². The van der Waals surface area contributed by atoms with Crippen LogP contribution in [0, 0.1) is 11.3 Å². The zero-order valence-corrected chi connectivity index (χ0v) is 12.7. The molecule has 5 nitrogen and oxygen atoms in total. The van der Waals surface area contributed by atoms with Crippen LogP contribution in [-0.2, 0) is 0 Å². The van der Waals surface area contributed by atoms with Crippen LogP contribution >= 0.6 is 0 Å². The van der Waals surface area contributed by atoms with Crippen LogP contribution in [0.1, 0.15) is 44.7 Å². The first-order chi connectivity index (χ1) is 10.7. The smallest absolute Gasteiger partial charge is 0.150 e. The minimum atomic E-state index is 0.0662. The van der Waals surface area contributed by atoms with Crippen molar-refractivity contribution in [1.82, 2.24) is 15.0 Å². The molecule has 0 spiro atoms. The molecule has 0 radical (unpaired) electrons. The van der Waals surface area contributed by atoms with Crippen LogP contribution in [-0.4, -0.2) is 20.5 Å². The predicted octanol–water partition coefficient (Wildman–Crippen LogP) is 3.54. The average molecular weight is 293 g/mol. The fourth-order valence-corrected chi connectivity index (χ4v) is 3.15. The molecule has 1 fully saturated rings. The lowest BCUT2D eigenvalue weighted by atomic mass is 9.83. The Labute approximate surface area is 130 Å². The van der Waals surface area contributed by atoms with Gasteiger partial charge in [-0.2, -0.15) is 5.26 Å². The van der Waals surface area contributed by atoms with Gasteiger partial charge in [0.05, 0.1) is 0 Å². The number of hydrogen-bond acceptors (Lipinski definition) is 5. The Bertz CT molecular complexity index is 684. The molecule has 22 heavy (non-hydrogen) atoms. The molecule has 0 aliphatic heterocycles. The molecule has 2 aromatic heterocycles. The third kappa shape index (κ3) is 2.91. The summed E-state index contributed by atoms with van der Waals surface area (Å²) in [5.74, 6) is 0. The van der Waals surface area contributed by atoms with Gasteiger partial charge in [-0.3, -0.25) is 0 Å². The molecule has 0 aromatic carbocycles. The summed E-state index contributed by atoms with van der Waals surface area (Å²) < 4.78 is 0. The van der Waals surface area contributed by atoms with Gasteiger partial charge in [0.1, 0.15) is 18.1 Å². The molecule has 2 aromatic rings. The van der Waals surface area contributed by atoms with Gasteiger partial charge in [0.2, 0.25) is 0 Å². The monoisotopic (exact) mass is 293 g/mol. The Hall–Kier alpha value is -2.48. The third-order valence-corrected chi connectivity index (χ3v) is 4.30. The summed E-state index contributed by atoms with van der Waals surface area (Å²) in [6.45, 7) is 2.25. The number of rotatable bonds is 3. The highest BCUT2D eigenvalue weighted by atomic mass is 15.0. The molecule has 1 aliphatic carbocycles. The van der Waals surface area contributed by atoms with Crippen molar-refractivity contribution in [2.75, 3.05) is 5.32 Å². The Morgan fingerprint density at radius 1 is 1.18 bits per heavy atom. The van der Waals surface area contributed by atoms with Gasteiger partial charge in [0, 0.05) is 40.9 Å². The van der Waals surface area contributed by atoms with Crippen LogP contribution in [0.15, 0.2) is 31.0 Å². The molecule has 1 N–H and O–H groups in total. The SMILES string of the molecule is CC1(Nc2ccnc(C#N)c2-c2cncnc2)CCCCC1. The highest BCUT2D eigenvalue weighted by Gasteiger charge is 2.28. The summed E-state index contributed by atoms with van der Waals surface area (Å²) >= 11 is 0. The fraction of sp³-hybridized carbons (Fsp3) is 0.412. The van der Waals surface area contributed by atoms with Crippen LogP contribution in [0.4, 0.5) is 5.69 Å². The lowest BCUT2D eigenvalue weighted by Gasteiger charge is -2.36. The molecule has 0 amide bonds. The number of aromatic nitrogens is 3. The van der Waals surface area contributed by atoms with Crippen molar-refractivity contribution in [3.8, 4) is 17.2 Å². The van der Waals surface area contributed by atoms with E-state index in [1.807, 2.05) is 6.07 Å². The van der Waals surface area contributed by atoms with Crippen molar-refractivity contribution in [2.24, 2.45) is 0 Å². The first kappa shape index (κ1) is 14.5. The zero-order chi connectivity index (χ0) is 15.4. The summed E-state index contributed by atoms with van der Waals surface area (Å²) in [4.78, 5) is 12.3. The largest absolute Gasteiger partial charge is 0.379 e. The molecule has 1 aliphatic rings. The number of anilines is 1. The number of nitrogens with one attached hydrogen (secondary N) is 1. The molecule has 5 heteroatoms. The van der Waals surface area contributed by atoms with Crippen LogP contribution in [0.3, 0.4) is 0 Å². The van der Waals surface area contributed by atoms with E-state index in [1.165, 1.54) is 25.6 Å². The van der Waals surface area contributed by atoms with Crippen molar-refractivity contribution in [3.05, 3.63) is 36.7 Å². The maximum absolute atomic E-state index is 9.39. The Balaban J connectivity index is 2.03. The van der Waals surface area contributed by atoms with E-state index in [0.717, 1.165) is 29.7 Å². The van der Waals surface area contributed by atoms with Crippen LogP contribution in [0.5, 0.6) is 0 Å². The van der Waals surface area contributed by atoms with Gasteiger partial charge in [0.25, 0.3) is 0 Å². The van der Waals surface area contributed by atoms with Crippen LogP contribution in [0.2, 0.25) is 0 Å². The molecular formula is C17H19N5. The zero-order valence-electron chi connectivity index (χ0n) is 12.7. The van der Waals surface area contributed by atoms with E-state index in [-0.39, 0.29) is 5.54 Å². The Morgan fingerprint density at radius 3 is 2.59 bits per heavy atom. The number of pyridine rings is 1. The number of nitrogens with zero attached hydrogens (tertiary/aromatic N) is 4. The first-order valence-corrected chi connectivity index (χ1v) is 7.64. The summed E-state index contributed by atoms with van der Waals surface area (Å²) in [5, 5.41) is 13.0. The number of hydrogen-bond donors (Lipinski definition) is 1. The van der Waals surface area contributed by atoms with Crippen LogP contribution < -0.4 is 5.32 Å². The first-order valence-electron chi connectivity index (χ1n) is 7.64. The van der Waals surface area contributed by atoms with E-state index in [9.17, 15) is 5.26 Å². The van der Waals surface area contributed by atoms with Gasteiger partial charge in [-0.15, -0.1) is 0 Å². The standard InChI is InChI=1S/C17H19N5/c1-17(6-3-2-4-7-17)22-14-5-8-21-15(9-18)16(14)13-10-19-12-20-11-13/h5,8,10-12H,2-4,6-7H2,1H3,(H,21,22). The average Bonchev–Trinajstić information content (AvgIpc) is 2.55. The van der Waals surface area contributed by atoms with Gasteiger partial charge in [-0.05, 0) is 25.8 Å². The van der Waals surface area contributed by atoms with E-state index in [2.05, 4.69) is 33.3 Å². The normalized spacial score (nSPS) is 16.7. The molecule has 0 bridgehead atoms. The second-order valence-electron chi connectivity index (χ2n) is 6.07. The topological polar surface area (TPSA) is 74.5 Å². The molecule has 112 valence electrons. The van der Waals surface area contributed by atoms with Crippen LogP contribution in [0.25, 0.3) is 11.1 Å². The molecule has 1 saturated carbocycles. The number of nitriles is 1. The van der Waals surface area contributed by atoms with Crippen molar-refractivity contribution < 1.29 is 0 Å². The van der Waals surface area contributed by atoms with Crippen molar-refractivity contribution in [3.63, 3.8) is 0 Å². The lowest BCUT2D eigenvalue weighted by Crippen LogP contribution is -2.37. The maximum atomic E-state index is 9.39. The minimum Gasteiger partial charge on any atom is -0.379 e. The Morgan fingerprint density at radius 2 is 1.91 bits per heavy atom. The highest BCUT2D eigenvalue weighted by molar-refractivity contribution is 5.81. The summed E-state index contributed by atoms with van der Waals surface area (Å²) in [6.07, 6.45) is 12.7. The van der Waals surface area contributed by atoms with E-state index in [1.54, 1.807) is 18.6 Å². The van der Waals surface area contributed by atoms with Gasteiger partial charge >= 0.3 is 0 Å². The Kier molecular flexibility index (Phi) is 4.01. The van der Waals surface area contributed by atoms with Crippen molar-refractivity contribution in [2.45, 2.75) is 44.6 Å². The maximum Gasteiger partial charge on any atom is 0.150 e. The molecule has 0 saturated heterocycles. The molecule has 0 atom stereocenters. The quantitative estimate of drug-likeness (QED) is 0.936. The second kappa shape index (κ2) is 6.10. The molecule has 2 heterocycles.